The van der Waals surface area contributed by atoms with E-state index < -0.39 is 6.10 Å². The van der Waals surface area contributed by atoms with Crippen LogP contribution in [0.5, 0.6) is 5.75 Å². The minimum absolute atomic E-state index is 0. The molecule has 0 saturated carbocycles. The van der Waals surface area contributed by atoms with Crippen LogP contribution in [0.15, 0.2) is 53.5 Å². The minimum atomic E-state index is -0.697. The molecule has 0 spiro atoms. The molecular formula is C18H19ClIN3O2S. The fourth-order valence-corrected chi connectivity index (χ4v) is 3.67. The second kappa shape index (κ2) is 9.40. The van der Waals surface area contributed by atoms with Crippen molar-refractivity contribution in [3.05, 3.63) is 58.4 Å². The van der Waals surface area contributed by atoms with Crippen molar-refractivity contribution in [2.45, 2.75) is 6.10 Å². The number of anilines is 1. The van der Waals surface area contributed by atoms with E-state index in [1.807, 2.05) is 30.3 Å². The Bertz CT molecular complexity index is 883. The summed E-state index contributed by atoms with van der Waals surface area (Å²) < 4.78 is 6.24. The molecule has 0 fully saturated rings. The summed E-state index contributed by atoms with van der Waals surface area (Å²) in [5.74, 6) is 0.796. The van der Waals surface area contributed by atoms with Gasteiger partial charge < -0.3 is 20.9 Å². The first kappa shape index (κ1) is 20.8. The molecule has 0 radical (unpaired) electrons. The fourth-order valence-electron chi connectivity index (χ4n) is 2.37. The van der Waals surface area contributed by atoms with E-state index in [2.05, 4.69) is 10.3 Å². The lowest BCUT2D eigenvalue weighted by Crippen LogP contribution is -2.23. The maximum atomic E-state index is 10.3. The van der Waals surface area contributed by atoms with Gasteiger partial charge in [-0.2, -0.15) is 0 Å². The van der Waals surface area contributed by atoms with Gasteiger partial charge in [0.15, 0.2) is 5.96 Å². The molecule has 1 aromatic heterocycles. The highest BCUT2D eigenvalue weighted by molar-refractivity contribution is 14.0. The predicted octanol–water partition coefficient (Wildman–Crippen LogP) is 4.64. The van der Waals surface area contributed by atoms with Crippen LogP contribution in [0.2, 0.25) is 5.02 Å². The quantitative estimate of drug-likeness (QED) is 0.269. The number of nitrogens with two attached hydrogens (primary N) is 1. The highest BCUT2D eigenvalue weighted by Crippen LogP contribution is 2.30. The molecule has 2 aromatic carbocycles. The van der Waals surface area contributed by atoms with Crippen molar-refractivity contribution < 1.29 is 9.84 Å². The Morgan fingerprint density at radius 2 is 2.08 bits per heavy atom. The average molecular weight is 504 g/mol. The van der Waals surface area contributed by atoms with Crippen molar-refractivity contribution in [1.29, 1.82) is 0 Å². The summed E-state index contributed by atoms with van der Waals surface area (Å²) in [5, 5.41) is 14.9. The van der Waals surface area contributed by atoms with Crippen molar-refractivity contribution >= 4 is 68.6 Å². The third-order valence-corrected chi connectivity index (χ3v) is 5.14. The van der Waals surface area contributed by atoms with Crippen molar-refractivity contribution in [3.63, 3.8) is 0 Å². The van der Waals surface area contributed by atoms with E-state index in [-0.39, 0.29) is 36.5 Å². The number of fused-ring (bicyclic) bond motifs is 1. The average Bonchev–Trinajstić information content (AvgIpc) is 3.04. The van der Waals surface area contributed by atoms with Gasteiger partial charge >= 0.3 is 0 Å². The second-order valence-corrected chi connectivity index (χ2v) is 6.93. The first-order chi connectivity index (χ1) is 12.1. The Morgan fingerprint density at radius 3 is 2.77 bits per heavy atom. The van der Waals surface area contributed by atoms with Crippen LogP contribution in [-0.4, -0.2) is 24.7 Å². The van der Waals surface area contributed by atoms with Crippen LogP contribution in [0, 0.1) is 0 Å². The number of guanidine groups is 1. The Hall–Kier alpha value is -1.55. The van der Waals surface area contributed by atoms with Crippen LogP contribution < -0.4 is 15.8 Å². The van der Waals surface area contributed by atoms with E-state index in [0.29, 0.717) is 16.5 Å². The monoisotopic (exact) mass is 503 g/mol. The Kier molecular flexibility index (Phi) is 7.51. The molecule has 5 nitrogen and oxygen atoms in total. The van der Waals surface area contributed by atoms with E-state index in [1.54, 1.807) is 36.6 Å². The molecular weight excluding hydrogens is 485 g/mol. The number of hydrogen-bond donors (Lipinski definition) is 3. The van der Waals surface area contributed by atoms with Crippen molar-refractivity contribution in [3.8, 4) is 5.75 Å². The lowest BCUT2D eigenvalue weighted by molar-refractivity contribution is 0.191. The molecule has 0 saturated heterocycles. The van der Waals surface area contributed by atoms with E-state index in [0.717, 1.165) is 15.0 Å². The van der Waals surface area contributed by atoms with Crippen LogP contribution in [0.4, 0.5) is 5.69 Å². The van der Waals surface area contributed by atoms with Gasteiger partial charge in [0, 0.05) is 15.3 Å². The highest BCUT2D eigenvalue weighted by atomic mass is 127. The number of nitrogens with zero attached hydrogens (tertiary/aromatic N) is 1. The van der Waals surface area contributed by atoms with Crippen LogP contribution in [-0.2, 0) is 0 Å². The smallest absolute Gasteiger partial charge is 0.193 e. The molecule has 0 aliphatic rings. The number of aliphatic hydroxyl groups excluding tert-OH is 1. The van der Waals surface area contributed by atoms with Gasteiger partial charge in [0.25, 0.3) is 0 Å². The van der Waals surface area contributed by atoms with Crippen molar-refractivity contribution in [1.82, 2.24) is 0 Å². The Morgan fingerprint density at radius 1 is 1.31 bits per heavy atom. The third kappa shape index (κ3) is 5.00. The summed E-state index contributed by atoms with van der Waals surface area (Å²) in [6.07, 6.45) is -0.697. The standard InChI is InChI=1S/C18H18ClN3O2S.HI/c1-24-15-7-6-12(9-13(15)19)22-18(20)21-10-14(23)17-8-11-4-2-3-5-16(11)25-17;/h2-9,14,23H,10H2,1H3,(H3,20,21,22);1H. The van der Waals surface area contributed by atoms with Gasteiger partial charge in [0.05, 0.1) is 18.7 Å². The van der Waals surface area contributed by atoms with E-state index in [9.17, 15) is 5.11 Å². The molecule has 4 N–H and O–H groups in total. The topological polar surface area (TPSA) is 79.9 Å². The molecule has 0 bridgehead atoms. The summed E-state index contributed by atoms with van der Waals surface area (Å²) in [5.41, 5.74) is 6.58. The molecule has 3 rings (SSSR count). The summed E-state index contributed by atoms with van der Waals surface area (Å²) in [7, 11) is 1.56. The second-order valence-electron chi connectivity index (χ2n) is 5.40. The van der Waals surface area contributed by atoms with Crippen molar-refractivity contribution in [2.75, 3.05) is 19.0 Å². The van der Waals surface area contributed by atoms with Crippen LogP contribution >= 0.6 is 46.9 Å². The van der Waals surface area contributed by atoms with Gasteiger partial charge in [-0.25, -0.2) is 0 Å². The molecule has 138 valence electrons. The number of methoxy groups -OCH3 is 1. The third-order valence-electron chi connectivity index (χ3n) is 3.63. The molecule has 26 heavy (non-hydrogen) atoms. The molecule has 1 atom stereocenters. The number of aliphatic imine (C=N–C) groups is 1. The van der Waals surface area contributed by atoms with E-state index >= 15 is 0 Å². The van der Waals surface area contributed by atoms with E-state index in [1.165, 1.54) is 0 Å². The molecule has 3 aromatic rings. The van der Waals surface area contributed by atoms with Crippen LogP contribution in [0.25, 0.3) is 10.1 Å². The Balaban J connectivity index is 0.00000243. The predicted molar refractivity (Wildman–Crippen MR) is 120 cm³/mol. The molecule has 1 heterocycles. The van der Waals surface area contributed by atoms with Gasteiger partial charge in [0.2, 0.25) is 0 Å². The maximum Gasteiger partial charge on any atom is 0.193 e. The van der Waals surface area contributed by atoms with Gasteiger partial charge in [-0.05, 0) is 35.7 Å². The largest absolute Gasteiger partial charge is 0.495 e. The molecule has 8 heteroatoms. The van der Waals surface area contributed by atoms with Gasteiger partial charge in [-0.1, -0.05) is 29.8 Å². The van der Waals surface area contributed by atoms with Gasteiger partial charge in [0.1, 0.15) is 11.9 Å². The SMILES string of the molecule is COc1ccc(NC(N)=NCC(O)c2cc3ccccc3s2)cc1Cl.I. The Labute approximate surface area is 177 Å². The lowest BCUT2D eigenvalue weighted by Gasteiger charge is -2.09. The summed E-state index contributed by atoms with van der Waals surface area (Å²) in [4.78, 5) is 5.07. The normalized spacial score (nSPS) is 12.5. The first-order valence-electron chi connectivity index (χ1n) is 7.64. The van der Waals surface area contributed by atoms with Gasteiger partial charge in [-0.15, -0.1) is 35.3 Å². The fraction of sp³-hybridized carbons (Fsp3) is 0.167. The zero-order valence-corrected chi connectivity index (χ0v) is 17.9. The van der Waals surface area contributed by atoms with Crippen LogP contribution in [0.1, 0.15) is 11.0 Å². The van der Waals surface area contributed by atoms with E-state index in [4.69, 9.17) is 22.1 Å². The zero-order chi connectivity index (χ0) is 17.8. The van der Waals surface area contributed by atoms with Crippen LogP contribution in [0.3, 0.4) is 0 Å². The number of thiophene rings is 1. The molecule has 0 amide bonds. The molecule has 0 aliphatic heterocycles. The number of aliphatic hydroxyl groups is 1. The highest BCUT2D eigenvalue weighted by Gasteiger charge is 2.11. The van der Waals surface area contributed by atoms with Crippen molar-refractivity contribution in [2.24, 2.45) is 10.7 Å². The summed E-state index contributed by atoms with van der Waals surface area (Å²) in [6.45, 7) is 0.176. The number of hydrogen-bond acceptors (Lipinski definition) is 4. The van der Waals surface area contributed by atoms with Gasteiger partial charge in [-0.3, -0.25) is 4.99 Å². The molecule has 1 unspecified atom stereocenters. The first-order valence-corrected chi connectivity index (χ1v) is 8.83. The summed E-state index contributed by atoms with van der Waals surface area (Å²) >= 11 is 7.63. The molecule has 0 aliphatic carbocycles. The number of benzene rings is 2. The maximum absolute atomic E-state index is 10.3. The zero-order valence-electron chi connectivity index (χ0n) is 14.0. The summed E-state index contributed by atoms with van der Waals surface area (Å²) in [6, 6.07) is 15.2. The number of ether oxygens (including phenoxy) is 1. The lowest BCUT2D eigenvalue weighted by atomic mass is 10.2. The number of nitrogens with one attached hydrogen (secondary N) is 1. The minimum Gasteiger partial charge on any atom is -0.495 e. The number of halogens is 2. The number of rotatable bonds is 5.